The molecule has 0 saturated carbocycles. The van der Waals surface area contributed by atoms with E-state index in [0.29, 0.717) is 56.1 Å². The standard InChI is InChI=1S/C28H33N5O3/c1-18-2-5-23(16-24(18)25(27(31)35)32-12-10-22(11-13-32)26(30)34)28(36)33-14-8-21(9-15-33)20-6-3-19(17-29)4-7-20/h2-7,16,21-22,25H,8-15H2,1H3,(H2,30,34)(H2,31,35). The van der Waals surface area contributed by atoms with E-state index < -0.39 is 11.9 Å². The van der Waals surface area contributed by atoms with Crippen molar-refractivity contribution in [1.29, 1.82) is 5.26 Å². The molecule has 2 aromatic rings. The van der Waals surface area contributed by atoms with E-state index in [4.69, 9.17) is 16.7 Å². The van der Waals surface area contributed by atoms with Crippen LogP contribution in [0.3, 0.4) is 0 Å². The number of carbonyl (C=O) groups is 3. The number of amides is 3. The van der Waals surface area contributed by atoms with E-state index in [1.165, 1.54) is 5.56 Å². The Labute approximate surface area is 211 Å². The van der Waals surface area contributed by atoms with Crippen molar-refractivity contribution in [3.05, 3.63) is 70.3 Å². The molecule has 4 N–H and O–H groups in total. The molecule has 0 bridgehead atoms. The molecule has 2 fully saturated rings. The molecule has 2 aliphatic rings. The molecule has 36 heavy (non-hydrogen) atoms. The third kappa shape index (κ3) is 5.42. The number of primary amides is 2. The lowest BCUT2D eigenvalue weighted by molar-refractivity contribution is -0.125. The summed E-state index contributed by atoms with van der Waals surface area (Å²) >= 11 is 0. The molecule has 0 aliphatic carbocycles. The number of benzene rings is 2. The van der Waals surface area contributed by atoms with Gasteiger partial charge in [-0.25, -0.2) is 0 Å². The Kier molecular flexibility index (Phi) is 7.70. The van der Waals surface area contributed by atoms with E-state index >= 15 is 0 Å². The molecule has 0 radical (unpaired) electrons. The Bertz CT molecular complexity index is 1170. The van der Waals surface area contributed by atoms with Gasteiger partial charge in [0.25, 0.3) is 5.91 Å². The van der Waals surface area contributed by atoms with Gasteiger partial charge >= 0.3 is 0 Å². The quantitative estimate of drug-likeness (QED) is 0.646. The number of nitriles is 1. The molecule has 0 aromatic heterocycles. The van der Waals surface area contributed by atoms with Crippen molar-refractivity contribution in [3.63, 3.8) is 0 Å². The Hall–Kier alpha value is -3.70. The lowest BCUT2D eigenvalue weighted by atomic mass is 9.88. The number of rotatable bonds is 6. The average molecular weight is 488 g/mol. The summed E-state index contributed by atoms with van der Waals surface area (Å²) in [5, 5.41) is 9.01. The van der Waals surface area contributed by atoms with E-state index in [0.717, 1.165) is 24.0 Å². The van der Waals surface area contributed by atoms with Gasteiger partial charge in [-0.2, -0.15) is 5.26 Å². The molecule has 1 unspecified atom stereocenters. The molecule has 0 spiro atoms. The molecule has 8 heteroatoms. The maximum absolute atomic E-state index is 13.4. The Morgan fingerprint density at radius 2 is 1.58 bits per heavy atom. The Morgan fingerprint density at radius 1 is 0.944 bits per heavy atom. The van der Waals surface area contributed by atoms with Gasteiger partial charge in [0.1, 0.15) is 6.04 Å². The highest BCUT2D eigenvalue weighted by atomic mass is 16.2. The van der Waals surface area contributed by atoms with Crippen molar-refractivity contribution in [2.75, 3.05) is 26.2 Å². The topological polar surface area (TPSA) is 134 Å². The number of hydrogen-bond donors (Lipinski definition) is 2. The minimum absolute atomic E-state index is 0.0508. The largest absolute Gasteiger partial charge is 0.369 e. The van der Waals surface area contributed by atoms with Crippen LogP contribution in [0.15, 0.2) is 42.5 Å². The van der Waals surface area contributed by atoms with Crippen LogP contribution in [0.2, 0.25) is 0 Å². The molecule has 3 amide bonds. The molecule has 188 valence electrons. The minimum Gasteiger partial charge on any atom is -0.369 e. The predicted molar refractivity (Wildman–Crippen MR) is 136 cm³/mol. The van der Waals surface area contributed by atoms with Gasteiger partial charge in [-0.05, 0) is 92.6 Å². The normalized spacial score (nSPS) is 18.4. The van der Waals surface area contributed by atoms with Crippen molar-refractivity contribution >= 4 is 17.7 Å². The van der Waals surface area contributed by atoms with Crippen molar-refractivity contribution < 1.29 is 14.4 Å². The van der Waals surface area contributed by atoms with Gasteiger partial charge in [-0.15, -0.1) is 0 Å². The summed E-state index contributed by atoms with van der Waals surface area (Å²) in [4.78, 5) is 41.3. The van der Waals surface area contributed by atoms with Crippen LogP contribution in [0, 0.1) is 24.2 Å². The molecular weight excluding hydrogens is 454 g/mol. The predicted octanol–water partition coefficient (Wildman–Crippen LogP) is 2.61. The van der Waals surface area contributed by atoms with Crippen LogP contribution < -0.4 is 11.5 Å². The first-order valence-electron chi connectivity index (χ1n) is 12.5. The van der Waals surface area contributed by atoms with Gasteiger partial charge in [-0.3, -0.25) is 19.3 Å². The third-order valence-electron chi connectivity index (χ3n) is 7.68. The second-order valence-electron chi connectivity index (χ2n) is 9.89. The molecule has 8 nitrogen and oxygen atoms in total. The maximum Gasteiger partial charge on any atom is 0.253 e. The zero-order valence-corrected chi connectivity index (χ0v) is 20.7. The lowest BCUT2D eigenvalue weighted by Crippen LogP contribution is -2.45. The van der Waals surface area contributed by atoms with Crippen LogP contribution in [0.4, 0.5) is 0 Å². The van der Waals surface area contributed by atoms with E-state index in [1.54, 1.807) is 6.07 Å². The molecule has 2 heterocycles. The highest BCUT2D eigenvalue weighted by Gasteiger charge is 2.33. The van der Waals surface area contributed by atoms with Crippen LogP contribution in [0.25, 0.3) is 0 Å². The summed E-state index contributed by atoms with van der Waals surface area (Å²) in [5.41, 5.74) is 15.3. The highest BCUT2D eigenvalue weighted by Crippen LogP contribution is 2.31. The zero-order valence-electron chi connectivity index (χ0n) is 20.7. The first-order chi connectivity index (χ1) is 17.3. The summed E-state index contributed by atoms with van der Waals surface area (Å²) in [6.07, 6.45) is 2.89. The fourth-order valence-corrected chi connectivity index (χ4v) is 5.47. The van der Waals surface area contributed by atoms with Crippen molar-refractivity contribution in [2.24, 2.45) is 17.4 Å². The molecule has 2 saturated heterocycles. The number of hydrogen-bond acceptors (Lipinski definition) is 5. The first kappa shape index (κ1) is 25.4. The van der Waals surface area contributed by atoms with Gasteiger partial charge < -0.3 is 16.4 Å². The smallest absolute Gasteiger partial charge is 0.253 e. The van der Waals surface area contributed by atoms with Gasteiger partial charge in [0.05, 0.1) is 11.6 Å². The molecular formula is C28H33N5O3. The SMILES string of the molecule is Cc1ccc(C(=O)N2CCC(c3ccc(C#N)cc3)CC2)cc1C(C(N)=O)N1CCC(C(N)=O)CC1. The van der Waals surface area contributed by atoms with Crippen LogP contribution in [0.1, 0.15) is 70.3 Å². The van der Waals surface area contributed by atoms with Gasteiger partial charge in [0, 0.05) is 24.6 Å². The molecule has 2 aromatic carbocycles. The van der Waals surface area contributed by atoms with Gasteiger partial charge in [0.15, 0.2) is 0 Å². The van der Waals surface area contributed by atoms with E-state index in [-0.39, 0.29) is 17.7 Å². The van der Waals surface area contributed by atoms with Crippen LogP contribution in [0.5, 0.6) is 0 Å². The fraction of sp³-hybridized carbons (Fsp3) is 0.429. The summed E-state index contributed by atoms with van der Waals surface area (Å²) in [5.74, 6) is -0.653. The van der Waals surface area contributed by atoms with Crippen LogP contribution in [-0.4, -0.2) is 53.7 Å². The number of aryl methyl sites for hydroxylation is 1. The number of carbonyl (C=O) groups excluding carboxylic acids is 3. The van der Waals surface area contributed by atoms with Crippen molar-refractivity contribution in [3.8, 4) is 6.07 Å². The highest BCUT2D eigenvalue weighted by molar-refractivity contribution is 5.95. The molecule has 1 atom stereocenters. The summed E-state index contributed by atoms with van der Waals surface area (Å²) in [6.45, 7) is 4.29. The third-order valence-corrected chi connectivity index (χ3v) is 7.68. The monoisotopic (exact) mass is 487 g/mol. The Morgan fingerprint density at radius 3 is 2.14 bits per heavy atom. The molecule has 4 rings (SSSR count). The van der Waals surface area contributed by atoms with Gasteiger partial charge in [0.2, 0.25) is 11.8 Å². The lowest BCUT2D eigenvalue weighted by Gasteiger charge is -2.36. The minimum atomic E-state index is -0.659. The van der Waals surface area contributed by atoms with E-state index in [1.807, 2.05) is 53.1 Å². The van der Waals surface area contributed by atoms with Crippen LogP contribution in [-0.2, 0) is 9.59 Å². The van der Waals surface area contributed by atoms with E-state index in [9.17, 15) is 14.4 Å². The van der Waals surface area contributed by atoms with E-state index in [2.05, 4.69) is 6.07 Å². The number of likely N-dealkylation sites (tertiary alicyclic amines) is 2. The number of nitrogens with zero attached hydrogens (tertiary/aromatic N) is 3. The molecule has 2 aliphatic heterocycles. The summed E-state index contributed by atoms with van der Waals surface area (Å²) in [7, 11) is 0. The summed E-state index contributed by atoms with van der Waals surface area (Å²) < 4.78 is 0. The number of nitrogens with two attached hydrogens (primary N) is 2. The zero-order chi connectivity index (χ0) is 25.8. The summed E-state index contributed by atoms with van der Waals surface area (Å²) in [6, 6.07) is 14.7. The van der Waals surface area contributed by atoms with Crippen molar-refractivity contribution in [2.45, 2.75) is 44.6 Å². The second kappa shape index (κ2) is 10.9. The number of piperidine rings is 2. The maximum atomic E-state index is 13.4. The van der Waals surface area contributed by atoms with Crippen molar-refractivity contribution in [1.82, 2.24) is 9.80 Å². The average Bonchev–Trinajstić information content (AvgIpc) is 2.90. The first-order valence-corrected chi connectivity index (χ1v) is 12.5. The Balaban J connectivity index is 1.46. The van der Waals surface area contributed by atoms with Gasteiger partial charge in [-0.1, -0.05) is 18.2 Å². The fourth-order valence-electron chi connectivity index (χ4n) is 5.47. The van der Waals surface area contributed by atoms with Crippen LogP contribution >= 0.6 is 0 Å². The second-order valence-corrected chi connectivity index (χ2v) is 9.89.